The number of morpholine rings is 1. The lowest BCUT2D eigenvalue weighted by atomic mass is 10.00. The number of ether oxygens (including phenoxy) is 2. The quantitative estimate of drug-likeness (QED) is 0.687. The molecule has 1 fully saturated rings. The molecule has 6 nitrogen and oxygen atoms in total. The molecule has 2 aromatic carbocycles. The molecule has 0 atom stereocenters. The van der Waals surface area contributed by atoms with Gasteiger partial charge in [-0.2, -0.15) is 0 Å². The van der Waals surface area contributed by atoms with E-state index in [4.69, 9.17) is 15.2 Å². The number of rotatable bonds is 4. The van der Waals surface area contributed by atoms with E-state index >= 15 is 0 Å². The molecule has 0 aliphatic carbocycles. The Balaban J connectivity index is 1.60. The van der Waals surface area contributed by atoms with Crippen LogP contribution in [0.3, 0.4) is 0 Å². The molecule has 1 aliphatic rings. The Kier molecular flexibility index (Phi) is 5.44. The fourth-order valence-corrected chi connectivity index (χ4v) is 3.45. The number of anilines is 2. The summed E-state index contributed by atoms with van der Waals surface area (Å²) < 4.78 is 10.2. The molecule has 2 N–H and O–H groups in total. The minimum absolute atomic E-state index is 0.364. The minimum atomic E-state index is -0.364. The van der Waals surface area contributed by atoms with Crippen molar-refractivity contribution in [3.63, 3.8) is 0 Å². The van der Waals surface area contributed by atoms with Crippen LogP contribution >= 0.6 is 0 Å². The first-order valence-corrected chi connectivity index (χ1v) is 9.53. The van der Waals surface area contributed by atoms with E-state index in [1.54, 1.807) is 18.3 Å². The number of methoxy groups -OCH3 is 1. The fraction of sp³-hybridized carbons (Fsp3) is 0.217. The van der Waals surface area contributed by atoms with E-state index in [2.05, 4.69) is 34.1 Å². The van der Waals surface area contributed by atoms with Crippen LogP contribution in [0.25, 0.3) is 22.3 Å². The van der Waals surface area contributed by atoms with Crippen LogP contribution in [-0.2, 0) is 9.47 Å². The van der Waals surface area contributed by atoms with Crippen LogP contribution in [0.1, 0.15) is 10.4 Å². The van der Waals surface area contributed by atoms with Gasteiger partial charge in [0, 0.05) is 36.1 Å². The van der Waals surface area contributed by atoms with Gasteiger partial charge in [-0.25, -0.2) is 9.78 Å². The summed E-state index contributed by atoms with van der Waals surface area (Å²) in [6.07, 6.45) is 1.78. The molecule has 3 aromatic rings. The number of pyridine rings is 1. The first kappa shape index (κ1) is 19.0. The smallest absolute Gasteiger partial charge is 0.337 e. The summed E-state index contributed by atoms with van der Waals surface area (Å²) in [5.41, 5.74) is 11.6. The van der Waals surface area contributed by atoms with Crippen molar-refractivity contribution in [2.24, 2.45) is 0 Å². The van der Waals surface area contributed by atoms with E-state index in [-0.39, 0.29) is 5.97 Å². The molecule has 1 aliphatic heterocycles. The molecule has 0 spiro atoms. The van der Waals surface area contributed by atoms with Crippen LogP contribution in [0, 0.1) is 0 Å². The molecule has 148 valence electrons. The number of hydrogen-bond acceptors (Lipinski definition) is 6. The van der Waals surface area contributed by atoms with Crippen LogP contribution in [0.2, 0.25) is 0 Å². The predicted molar refractivity (Wildman–Crippen MR) is 114 cm³/mol. The number of carbonyl (C=O) groups excluding carboxylic acids is 1. The second kappa shape index (κ2) is 8.32. The highest BCUT2D eigenvalue weighted by atomic mass is 16.5. The largest absolute Gasteiger partial charge is 0.465 e. The van der Waals surface area contributed by atoms with Crippen molar-refractivity contribution < 1.29 is 14.3 Å². The van der Waals surface area contributed by atoms with E-state index < -0.39 is 0 Å². The van der Waals surface area contributed by atoms with Gasteiger partial charge < -0.3 is 20.1 Å². The maximum atomic E-state index is 11.6. The first-order chi connectivity index (χ1) is 14.2. The van der Waals surface area contributed by atoms with E-state index in [9.17, 15) is 4.79 Å². The van der Waals surface area contributed by atoms with Crippen LogP contribution in [0.5, 0.6) is 0 Å². The fourth-order valence-electron chi connectivity index (χ4n) is 3.45. The zero-order valence-corrected chi connectivity index (χ0v) is 16.3. The average molecular weight is 389 g/mol. The van der Waals surface area contributed by atoms with Gasteiger partial charge in [-0.05, 0) is 41.5 Å². The van der Waals surface area contributed by atoms with Gasteiger partial charge in [0.2, 0.25) is 0 Å². The molecule has 4 rings (SSSR count). The summed E-state index contributed by atoms with van der Waals surface area (Å²) in [6, 6.07) is 17.6. The third kappa shape index (κ3) is 4.07. The topological polar surface area (TPSA) is 77.7 Å². The Labute approximate surface area is 169 Å². The van der Waals surface area contributed by atoms with Gasteiger partial charge in [-0.15, -0.1) is 0 Å². The number of nitrogen functional groups attached to an aromatic ring is 1. The lowest BCUT2D eigenvalue weighted by molar-refractivity contribution is 0.0600. The third-order valence-electron chi connectivity index (χ3n) is 5.11. The van der Waals surface area contributed by atoms with E-state index in [0.29, 0.717) is 11.4 Å². The van der Waals surface area contributed by atoms with Crippen LogP contribution < -0.4 is 10.6 Å². The second-order valence-electron chi connectivity index (χ2n) is 6.87. The van der Waals surface area contributed by atoms with Crippen molar-refractivity contribution in [3.8, 4) is 22.3 Å². The highest BCUT2D eigenvalue weighted by Gasteiger charge is 2.12. The summed E-state index contributed by atoms with van der Waals surface area (Å²) >= 11 is 0. The molecule has 0 amide bonds. The Morgan fingerprint density at radius 3 is 2.31 bits per heavy atom. The van der Waals surface area contributed by atoms with Gasteiger partial charge in [-0.1, -0.05) is 24.3 Å². The van der Waals surface area contributed by atoms with Crippen molar-refractivity contribution in [2.75, 3.05) is 44.0 Å². The Morgan fingerprint density at radius 2 is 1.66 bits per heavy atom. The number of aromatic nitrogens is 1. The SMILES string of the molecule is COC(=O)c1ccc(-c2cc(-c3ccc(N4CCOCC4)cc3)cnc2N)cc1. The van der Waals surface area contributed by atoms with Crippen LogP contribution in [0.4, 0.5) is 11.5 Å². The Morgan fingerprint density at radius 1 is 1.00 bits per heavy atom. The van der Waals surface area contributed by atoms with Crippen molar-refractivity contribution in [1.82, 2.24) is 4.98 Å². The monoisotopic (exact) mass is 389 g/mol. The second-order valence-corrected chi connectivity index (χ2v) is 6.87. The molecular formula is C23H23N3O3. The molecular weight excluding hydrogens is 366 g/mol. The molecule has 0 bridgehead atoms. The van der Waals surface area contributed by atoms with Crippen LogP contribution in [0.15, 0.2) is 60.8 Å². The zero-order chi connectivity index (χ0) is 20.2. The number of esters is 1. The van der Waals surface area contributed by atoms with Gasteiger partial charge in [-0.3, -0.25) is 0 Å². The standard InChI is InChI=1S/C23H23N3O3/c1-28-23(27)18-4-2-17(3-5-18)21-14-19(15-25-22(21)24)16-6-8-20(9-7-16)26-10-12-29-13-11-26/h2-9,14-15H,10-13H2,1H3,(H2,24,25). The Bertz CT molecular complexity index is 995. The van der Waals surface area contributed by atoms with Gasteiger partial charge >= 0.3 is 5.97 Å². The number of nitrogens with two attached hydrogens (primary N) is 1. The summed E-state index contributed by atoms with van der Waals surface area (Å²) in [7, 11) is 1.37. The normalized spacial score (nSPS) is 13.9. The van der Waals surface area contributed by atoms with E-state index in [1.165, 1.54) is 12.8 Å². The lowest BCUT2D eigenvalue weighted by Gasteiger charge is -2.28. The molecule has 2 heterocycles. The van der Waals surface area contributed by atoms with E-state index in [0.717, 1.165) is 48.6 Å². The molecule has 1 saturated heterocycles. The first-order valence-electron chi connectivity index (χ1n) is 9.53. The highest BCUT2D eigenvalue weighted by Crippen LogP contribution is 2.31. The number of benzene rings is 2. The highest BCUT2D eigenvalue weighted by molar-refractivity contribution is 5.90. The number of hydrogen-bond donors (Lipinski definition) is 1. The van der Waals surface area contributed by atoms with Crippen molar-refractivity contribution in [1.29, 1.82) is 0 Å². The molecule has 29 heavy (non-hydrogen) atoms. The predicted octanol–water partition coefficient (Wildman–Crippen LogP) is 3.62. The van der Waals surface area contributed by atoms with Crippen LogP contribution in [-0.4, -0.2) is 44.4 Å². The lowest BCUT2D eigenvalue weighted by Crippen LogP contribution is -2.36. The van der Waals surface area contributed by atoms with Gasteiger partial charge in [0.05, 0.1) is 25.9 Å². The van der Waals surface area contributed by atoms with Gasteiger partial charge in [0.1, 0.15) is 5.82 Å². The minimum Gasteiger partial charge on any atom is -0.465 e. The van der Waals surface area contributed by atoms with E-state index in [1.807, 2.05) is 18.2 Å². The number of nitrogens with zero attached hydrogens (tertiary/aromatic N) is 2. The molecule has 0 saturated carbocycles. The van der Waals surface area contributed by atoms with Gasteiger partial charge in [0.25, 0.3) is 0 Å². The summed E-state index contributed by atoms with van der Waals surface area (Å²) in [6.45, 7) is 3.35. The average Bonchev–Trinajstić information content (AvgIpc) is 2.80. The molecule has 0 unspecified atom stereocenters. The summed E-state index contributed by atoms with van der Waals surface area (Å²) in [4.78, 5) is 18.3. The van der Waals surface area contributed by atoms with Crippen molar-refractivity contribution in [2.45, 2.75) is 0 Å². The van der Waals surface area contributed by atoms with Crippen molar-refractivity contribution in [3.05, 3.63) is 66.4 Å². The van der Waals surface area contributed by atoms with Crippen molar-refractivity contribution >= 4 is 17.5 Å². The summed E-state index contributed by atoms with van der Waals surface area (Å²) in [5.74, 6) is 0.0845. The molecule has 6 heteroatoms. The summed E-state index contributed by atoms with van der Waals surface area (Å²) in [5, 5.41) is 0. The molecule has 1 aromatic heterocycles. The molecule has 0 radical (unpaired) electrons. The maximum Gasteiger partial charge on any atom is 0.337 e. The zero-order valence-electron chi connectivity index (χ0n) is 16.3. The Hall–Kier alpha value is -3.38. The maximum absolute atomic E-state index is 11.6. The van der Waals surface area contributed by atoms with Gasteiger partial charge in [0.15, 0.2) is 0 Å². The third-order valence-corrected chi connectivity index (χ3v) is 5.11. The number of carbonyl (C=O) groups is 1.